The normalized spacial score (nSPS) is 23.5. The number of sulfone groups is 1. The van der Waals surface area contributed by atoms with Crippen molar-refractivity contribution in [1.29, 1.82) is 0 Å². The topological polar surface area (TPSA) is 101 Å². The Kier molecular flexibility index (Phi) is 5.81. The first-order valence-corrected chi connectivity index (χ1v) is 10.9. The summed E-state index contributed by atoms with van der Waals surface area (Å²) < 4.78 is 22.9. The Morgan fingerprint density at radius 2 is 2.00 bits per heavy atom. The molecule has 2 aliphatic heterocycles. The zero-order chi connectivity index (χ0) is 19.4. The molecule has 1 aromatic carbocycles. The highest BCUT2D eigenvalue weighted by molar-refractivity contribution is 8.18. The molecular weight excluding hydrogens is 388 g/mol. The zero-order valence-corrected chi connectivity index (χ0v) is 16.0. The van der Waals surface area contributed by atoms with Crippen LogP contribution in [0.5, 0.6) is 0 Å². The van der Waals surface area contributed by atoms with Crippen molar-refractivity contribution in [3.63, 3.8) is 0 Å². The fourth-order valence-electron chi connectivity index (χ4n) is 2.79. The maximum atomic E-state index is 12.3. The van der Waals surface area contributed by atoms with Crippen molar-refractivity contribution in [2.45, 2.75) is 12.5 Å². The van der Waals surface area contributed by atoms with E-state index in [0.717, 1.165) is 22.2 Å². The molecule has 7 nitrogen and oxygen atoms in total. The smallest absolute Gasteiger partial charge is 0.294 e. The summed E-state index contributed by atoms with van der Waals surface area (Å²) in [5.41, 5.74) is 0.957. The quantitative estimate of drug-likeness (QED) is 0.745. The standard InChI is InChI=1S/C18H18N2O5S2/c21-16(19-14-9-10-27(24,25)12-14)11-20-17(22)15(26-18(20)23)8-4-7-13-5-2-1-3-6-13/h1-8,14H,9-12H2,(H,19,21)/b7-4+,15-8-/t14-/m0/s1. The third-order valence-corrected chi connectivity index (χ3v) is 6.80. The average molecular weight is 406 g/mol. The highest BCUT2D eigenvalue weighted by atomic mass is 32.2. The lowest BCUT2D eigenvalue weighted by molar-refractivity contribution is -0.129. The van der Waals surface area contributed by atoms with E-state index < -0.39 is 39.5 Å². The molecule has 2 aliphatic rings. The zero-order valence-electron chi connectivity index (χ0n) is 14.3. The van der Waals surface area contributed by atoms with Crippen LogP contribution in [0.2, 0.25) is 0 Å². The van der Waals surface area contributed by atoms with Gasteiger partial charge in [-0.25, -0.2) is 8.42 Å². The van der Waals surface area contributed by atoms with E-state index in [1.165, 1.54) is 0 Å². The number of allylic oxidation sites excluding steroid dienone is 2. The van der Waals surface area contributed by atoms with E-state index in [2.05, 4.69) is 5.32 Å². The first-order chi connectivity index (χ1) is 12.8. The lowest BCUT2D eigenvalue weighted by Gasteiger charge is -2.15. The van der Waals surface area contributed by atoms with Crippen LogP contribution >= 0.6 is 11.8 Å². The van der Waals surface area contributed by atoms with Crippen LogP contribution in [-0.2, 0) is 19.4 Å². The van der Waals surface area contributed by atoms with Crippen LogP contribution in [0.3, 0.4) is 0 Å². The molecule has 0 unspecified atom stereocenters. The molecule has 0 saturated carbocycles. The molecule has 2 saturated heterocycles. The van der Waals surface area contributed by atoms with Gasteiger partial charge in [-0.05, 0) is 29.8 Å². The minimum Gasteiger partial charge on any atom is -0.351 e. The molecule has 3 rings (SSSR count). The fraction of sp³-hybridized carbons (Fsp3) is 0.278. The van der Waals surface area contributed by atoms with Crippen LogP contribution in [0.25, 0.3) is 6.08 Å². The van der Waals surface area contributed by atoms with Crippen molar-refractivity contribution < 1.29 is 22.8 Å². The van der Waals surface area contributed by atoms with Gasteiger partial charge in [-0.3, -0.25) is 19.3 Å². The molecule has 1 aromatic rings. The summed E-state index contributed by atoms with van der Waals surface area (Å²) in [6, 6.07) is 9.03. The summed E-state index contributed by atoms with van der Waals surface area (Å²) in [7, 11) is -3.11. The van der Waals surface area contributed by atoms with Gasteiger partial charge in [0, 0.05) is 6.04 Å². The van der Waals surface area contributed by atoms with E-state index in [1.54, 1.807) is 18.2 Å². The van der Waals surface area contributed by atoms with E-state index in [-0.39, 0.29) is 16.4 Å². The number of hydrogen-bond donors (Lipinski definition) is 1. The molecule has 2 heterocycles. The van der Waals surface area contributed by atoms with Crippen LogP contribution < -0.4 is 5.32 Å². The monoisotopic (exact) mass is 406 g/mol. The number of carbonyl (C=O) groups is 3. The number of imide groups is 1. The Balaban J connectivity index is 1.58. The number of rotatable bonds is 5. The molecule has 9 heteroatoms. The van der Waals surface area contributed by atoms with Crippen molar-refractivity contribution in [1.82, 2.24) is 10.2 Å². The van der Waals surface area contributed by atoms with Gasteiger partial charge in [-0.15, -0.1) is 0 Å². The molecule has 1 N–H and O–H groups in total. The molecule has 0 aliphatic carbocycles. The van der Waals surface area contributed by atoms with Gasteiger partial charge in [-0.1, -0.05) is 42.5 Å². The van der Waals surface area contributed by atoms with Gasteiger partial charge in [0.2, 0.25) is 5.91 Å². The number of nitrogens with one attached hydrogen (secondary N) is 1. The lowest BCUT2D eigenvalue weighted by Crippen LogP contribution is -2.43. The summed E-state index contributed by atoms with van der Waals surface area (Å²) in [5, 5.41) is 2.06. The molecule has 0 radical (unpaired) electrons. The summed E-state index contributed by atoms with van der Waals surface area (Å²) in [4.78, 5) is 37.5. The first-order valence-electron chi connectivity index (χ1n) is 8.31. The molecule has 0 spiro atoms. The molecule has 0 bridgehead atoms. The molecule has 27 heavy (non-hydrogen) atoms. The predicted molar refractivity (Wildman–Crippen MR) is 103 cm³/mol. The summed E-state index contributed by atoms with van der Waals surface area (Å²) in [5.74, 6) is -1.14. The molecule has 3 amide bonds. The highest BCUT2D eigenvalue weighted by Crippen LogP contribution is 2.30. The van der Waals surface area contributed by atoms with Gasteiger partial charge in [-0.2, -0.15) is 0 Å². The van der Waals surface area contributed by atoms with Crippen molar-refractivity contribution >= 4 is 44.7 Å². The molecule has 142 valence electrons. The largest absolute Gasteiger partial charge is 0.351 e. The van der Waals surface area contributed by atoms with Gasteiger partial charge in [0.25, 0.3) is 11.1 Å². The Hall–Kier alpha value is -2.39. The summed E-state index contributed by atoms with van der Waals surface area (Å²) in [6.45, 7) is -0.416. The Morgan fingerprint density at radius 3 is 2.67 bits per heavy atom. The predicted octanol–water partition coefficient (Wildman–Crippen LogP) is 1.58. The van der Waals surface area contributed by atoms with E-state index in [1.807, 2.05) is 30.3 Å². The van der Waals surface area contributed by atoms with Gasteiger partial charge in [0.1, 0.15) is 6.54 Å². The Bertz CT molecular complexity index is 922. The minimum atomic E-state index is -3.11. The van der Waals surface area contributed by atoms with E-state index in [0.29, 0.717) is 6.42 Å². The minimum absolute atomic E-state index is 0.0377. The van der Waals surface area contributed by atoms with Crippen LogP contribution in [0.4, 0.5) is 4.79 Å². The number of amides is 3. The van der Waals surface area contributed by atoms with Crippen molar-refractivity contribution in [3.05, 3.63) is 53.0 Å². The second kappa shape index (κ2) is 8.10. The SMILES string of the molecule is O=C(CN1C(=O)S/C(=C\C=C\c2ccccc2)C1=O)N[C@H]1CCS(=O)(=O)C1. The fourth-order valence-corrected chi connectivity index (χ4v) is 5.25. The van der Waals surface area contributed by atoms with Crippen molar-refractivity contribution in [2.24, 2.45) is 0 Å². The Labute approximate surface area is 161 Å². The van der Waals surface area contributed by atoms with Gasteiger partial charge < -0.3 is 5.32 Å². The third kappa shape index (κ3) is 5.08. The number of hydrogen-bond acceptors (Lipinski definition) is 6. The molecule has 1 atom stereocenters. The molecule has 0 aromatic heterocycles. The number of carbonyl (C=O) groups excluding carboxylic acids is 3. The summed E-state index contributed by atoms with van der Waals surface area (Å²) >= 11 is 0.773. The van der Waals surface area contributed by atoms with E-state index in [4.69, 9.17) is 0 Å². The highest BCUT2D eigenvalue weighted by Gasteiger charge is 2.37. The lowest BCUT2D eigenvalue weighted by atomic mass is 10.2. The van der Waals surface area contributed by atoms with Crippen LogP contribution in [0, 0.1) is 0 Å². The van der Waals surface area contributed by atoms with Gasteiger partial charge in [0.05, 0.1) is 16.4 Å². The maximum Gasteiger partial charge on any atom is 0.294 e. The third-order valence-electron chi connectivity index (χ3n) is 4.11. The first kappa shape index (κ1) is 19.4. The van der Waals surface area contributed by atoms with Crippen LogP contribution in [-0.4, -0.2) is 54.5 Å². The van der Waals surface area contributed by atoms with Crippen LogP contribution in [0.1, 0.15) is 12.0 Å². The second-order valence-electron chi connectivity index (χ2n) is 6.23. The number of thioether (sulfide) groups is 1. The van der Waals surface area contributed by atoms with Crippen molar-refractivity contribution in [2.75, 3.05) is 18.1 Å². The van der Waals surface area contributed by atoms with Gasteiger partial charge >= 0.3 is 0 Å². The maximum absolute atomic E-state index is 12.3. The molecular formula is C18H18N2O5S2. The second-order valence-corrected chi connectivity index (χ2v) is 9.45. The van der Waals surface area contributed by atoms with Crippen LogP contribution in [0.15, 0.2) is 47.4 Å². The van der Waals surface area contributed by atoms with Crippen molar-refractivity contribution in [3.8, 4) is 0 Å². The summed E-state index contributed by atoms with van der Waals surface area (Å²) in [6.07, 6.45) is 5.37. The number of benzene rings is 1. The molecule has 2 fully saturated rings. The van der Waals surface area contributed by atoms with Gasteiger partial charge in [0.15, 0.2) is 9.84 Å². The number of nitrogens with zero attached hydrogens (tertiary/aromatic N) is 1. The van der Waals surface area contributed by atoms with E-state index in [9.17, 15) is 22.8 Å². The van der Waals surface area contributed by atoms with E-state index >= 15 is 0 Å². The average Bonchev–Trinajstić information content (AvgIpc) is 3.09. The Morgan fingerprint density at radius 1 is 1.26 bits per heavy atom.